The summed E-state index contributed by atoms with van der Waals surface area (Å²) in [6.45, 7) is 1.99. The summed E-state index contributed by atoms with van der Waals surface area (Å²) in [5.41, 5.74) is 7.69. The van der Waals surface area contributed by atoms with Gasteiger partial charge >= 0.3 is 11.9 Å². The van der Waals surface area contributed by atoms with E-state index < -0.39 is 17.9 Å². The van der Waals surface area contributed by atoms with Crippen LogP contribution in [0.1, 0.15) is 37.7 Å². The molecule has 1 unspecified atom stereocenters. The van der Waals surface area contributed by atoms with Crippen molar-refractivity contribution in [3.63, 3.8) is 0 Å². The van der Waals surface area contributed by atoms with E-state index in [1.165, 1.54) is 19.1 Å². The molecule has 1 atom stereocenters. The summed E-state index contributed by atoms with van der Waals surface area (Å²) in [7, 11) is 2.38. The van der Waals surface area contributed by atoms with Crippen molar-refractivity contribution < 1.29 is 23.9 Å². The number of carbonyl (C=O) groups is 3. The number of hydrogen-bond acceptors (Lipinski definition) is 8. The summed E-state index contributed by atoms with van der Waals surface area (Å²) in [4.78, 5) is 39.8. The fourth-order valence-electron chi connectivity index (χ4n) is 4.07. The number of nitrogens with zero attached hydrogens (tertiary/aromatic N) is 2. The van der Waals surface area contributed by atoms with Gasteiger partial charge in [0.15, 0.2) is 0 Å². The van der Waals surface area contributed by atoms with Crippen molar-refractivity contribution in [1.82, 2.24) is 0 Å². The molecule has 36 heavy (non-hydrogen) atoms. The number of methoxy groups -OCH3 is 2. The van der Waals surface area contributed by atoms with Crippen LogP contribution >= 0.6 is 0 Å². The van der Waals surface area contributed by atoms with E-state index >= 15 is 0 Å². The minimum absolute atomic E-state index is 0.0473. The second-order valence-corrected chi connectivity index (χ2v) is 8.04. The van der Waals surface area contributed by atoms with E-state index in [1.807, 2.05) is 6.92 Å². The number of esters is 2. The van der Waals surface area contributed by atoms with Gasteiger partial charge in [0.25, 0.3) is 0 Å². The van der Waals surface area contributed by atoms with E-state index in [0.717, 1.165) is 12.8 Å². The van der Waals surface area contributed by atoms with Crippen molar-refractivity contribution in [1.29, 1.82) is 5.26 Å². The highest BCUT2D eigenvalue weighted by molar-refractivity contribution is 6.06. The molecule has 3 rings (SSSR count). The summed E-state index contributed by atoms with van der Waals surface area (Å²) in [5, 5.41) is 12.9. The summed E-state index contributed by atoms with van der Waals surface area (Å²) in [6.07, 6.45) is 1.99. The lowest BCUT2D eigenvalue weighted by molar-refractivity contribution is -0.139. The van der Waals surface area contributed by atoms with Gasteiger partial charge in [-0.3, -0.25) is 9.69 Å². The van der Waals surface area contributed by atoms with Crippen molar-refractivity contribution in [3.8, 4) is 6.07 Å². The quantitative estimate of drug-likeness (QED) is 0.537. The van der Waals surface area contributed by atoms with Gasteiger partial charge in [0.1, 0.15) is 11.5 Å². The molecular formula is C27H28N4O5. The number of unbranched alkanes of at least 4 members (excludes halogenated alkanes) is 1. The van der Waals surface area contributed by atoms with Gasteiger partial charge in [0, 0.05) is 17.8 Å². The number of hydrogen-bond donors (Lipinski definition) is 2. The first-order valence-corrected chi connectivity index (χ1v) is 11.4. The zero-order valence-electron chi connectivity index (χ0n) is 20.4. The first-order chi connectivity index (χ1) is 17.4. The third-order valence-corrected chi connectivity index (χ3v) is 5.76. The number of anilines is 2. The van der Waals surface area contributed by atoms with Gasteiger partial charge in [-0.15, -0.1) is 0 Å². The Hall–Kier alpha value is -4.58. The van der Waals surface area contributed by atoms with Gasteiger partial charge in [-0.05, 0) is 30.2 Å². The van der Waals surface area contributed by atoms with Crippen LogP contribution in [0, 0.1) is 11.3 Å². The molecule has 0 saturated heterocycles. The molecule has 1 amide bonds. The SMILES string of the molecule is CCCCC(=O)Nc1cccc(N2C(N)=C(C#N)C(c3ccccc3)C(C(=O)OC)=C2C(=O)OC)c1. The number of carbonyl (C=O) groups excluding carboxylic acids is 3. The Morgan fingerprint density at radius 3 is 2.36 bits per heavy atom. The third-order valence-electron chi connectivity index (χ3n) is 5.76. The van der Waals surface area contributed by atoms with Crippen LogP contribution in [-0.4, -0.2) is 32.1 Å². The lowest BCUT2D eigenvalue weighted by Gasteiger charge is -2.36. The maximum Gasteiger partial charge on any atom is 0.355 e. The molecule has 1 aliphatic rings. The molecule has 0 spiro atoms. The number of ether oxygens (including phenoxy) is 2. The summed E-state index contributed by atoms with van der Waals surface area (Å²) >= 11 is 0. The molecule has 0 bridgehead atoms. The highest BCUT2D eigenvalue weighted by Gasteiger charge is 2.43. The molecule has 0 aromatic heterocycles. The Balaban J connectivity index is 2.24. The van der Waals surface area contributed by atoms with Gasteiger partial charge < -0.3 is 20.5 Å². The summed E-state index contributed by atoms with van der Waals surface area (Å²) < 4.78 is 10.1. The van der Waals surface area contributed by atoms with Crippen LogP contribution < -0.4 is 16.0 Å². The van der Waals surface area contributed by atoms with Crippen LogP contribution in [0.15, 0.2) is 77.3 Å². The lowest BCUT2D eigenvalue weighted by Crippen LogP contribution is -2.40. The van der Waals surface area contributed by atoms with Gasteiger partial charge in [0.2, 0.25) is 5.91 Å². The second-order valence-electron chi connectivity index (χ2n) is 8.04. The average molecular weight is 489 g/mol. The van der Waals surface area contributed by atoms with E-state index in [2.05, 4.69) is 11.4 Å². The fraction of sp³-hybridized carbons (Fsp3) is 0.259. The number of nitrogens with one attached hydrogen (secondary N) is 1. The zero-order chi connectivity index (χ0) is 26.2. The zero-order valence-corrected chi connectivity index (χ0v) is 20.4. The molecule has 0 saturated carbocycles. The van der Waals surface area contributed by atoms with Gasteiger partial charge in [-0.1, -0.05) is 49.7 Å². The Morgan fingerprint density at radius 2 is 1.75 bits per heavy atom. The van der Waals surface area contributed by atoms with Crippen molar-refractivity contribution in [2.45, 2.75) is 32.1 Å². The Kier molecular flexibility index (Phi) is 8.47. The van der Waals surface area contributed by atoms with Gasteiger partial charge in [-0.2, -0.15) is 5.26 Å². The molecule has 0 aliphatic carbocycles. The topological polar surface area (TPSA) is 135 Å². The first kappa shape index (κ1) is 26.0. The third kappa shape index (κ3) is 5.23. The van der Waals surface area contributed by atoms with Crippen molar-refractivity contribution >= 4 is 29.2 Å². The number of nitrogens with two attached hydrogens (primary N) is 1. The van der Waals surface area contributed by atoms with Crippen LogP contribution in [0.2, 0.25) is 0 Å². The highest BCUT2D eigenvalue weighted by Crippen LogP contribution is 2.43. The van der Waals surface area contributed by atoms with E-state index in [0.29, 0.717) is 23.4 Å². The lowest BCUT2D eigenvalue weighted by atomic mass is 9.81. The number of allylic oxidation sites excluding steroid dienone is 1. The largest absolute Gasteiger partial charge is 0.466 e. The number of amides is 1. The standard InChI is InChI=1S/C27H28N4O5/c1-4-5-14-21(32)30-18-12-9-13-19(15-18)31-24(27(34)36-3)23(26(33)35-2)22(20(16-28)25(31)29)17-10-7-6-8-11-17/h6-13,15,22H,4-5,14,29H2,1-3H3,(H,30,32). The fourth-order valence-corrected chi connectivity index (χ4v) is 4.07. The predicted octanol–water partition coefficient (Wildman–Crippen LogP) is 3.71. The molecule has 9 nitrogen and oxygen atoms in total. The average Bonchev–Trinajstić information content (AvgIpc) is 2.90. The van der Waals surface area contributed by atoms with Gasteiger partial charge in [0.05, 0.1) is 37.4 Å². The molecule has 3 N–H and O–H groups in total. The Bertz CT molecular complexity index is 1260. The maximum atomic E-state index is 13.1. The Morgan fingerprint density at radius 1 is 1.06 bits per heavy atom. The van der Waals surface area contributed by atoms with E-state index in [9.17, 15) is 19.6 Å². The van der Waals surface area contributed by atoms with Crippen molar-refractivity contribution in [2.75, 3.05) is 24.4 Å². The number of rotatable bonds is 8. The maximum absolute atomic E-state index is 13.1. The monoisotopic (exact) mass is 488 g/mol. The molecule has 2 aromatic carbocycles. The molecule has 186 valence electrons. The smallest absolute Gasteiger partial charge is 0.355 e. The molecule has 0 radical (unpaired) electrons. The minimum Gasteiger partial charge on any atom is -0.466 e. The van der Waals surface area contributed by atoms with E-state index in [1.54, 1.807) is 54.6 Å². The van der Waals surface area contributed by atoms with Crippen LogP contribution in [0.25, 0.3) is 0 Å². The summed E-state index contributed by atoms with van der Waals surface area (Å²) in [6, 6.07) is 17.5. The molecular weight excluding hydrogens is 460 g/mol. The van der Waals surface area contributed by atoms with Crippen molar-refractivity contribution in [2.24, 2.45) is 5.73 Å². The highest BCUT2D eigenvalue weighted by atomic mass is 16.5. The van der Waals surface area contributed by atoms with Crippen LogP contribution in [0.3, 0.4) is 0 Å². The first-order valence-electron chi connectivity index (χ1n) is 11.4. The van der Waals surface area contributed by atoms with Crippen molar-refractivity contribution in [3.05, 3.63) is 82.8 Å². The minimum atomic E-state index is -0.953. The van der Waals surface area contributed by atoms with Crippen LogP contribution in [0.5, 0.6) is 0 Å². The van der Waals surface area contributed by atoms with E-state index in [4.69, 9.17) is 15.2 Å². The second kappa shape index (κ2) is 11.7. The molecule has 1 aliphatic heterocycles. The molecule has 0 fully saturated rings. The van der Waals surface area contributed by atoms with Gasteiger partial charge in [-0.25, -0.2) is 9.59 Å². The van der Waals surface area contributed by atoms with Crippen LogP contribution in [0.4, 0.5) is 11.4 Å². The number of benzene rings is 2. The summed E-state index contributed by atoms with van der Waals surface area (Å²) in [5.74, 6) is -2.80. The van der Waals surface area contributed by atoms with E-state index in [-0.39, 0.29) is 28.6 Å². The normalized spacial score (nSPS) is 15.3. The Labute approximate surface area is 209 Å². The number of nitriles is 1. The predicted molar refractivity (Wildman–Crippen MR) is 134 cm³/mol. The van der Waals surface area contributed by atoms with Crippen LogP contribution in [-0.2, 0) is 23.9 Å². The molecule has 1 heterocycles. The molecule has 2 aromatic rings. The molecule has 9 heteroatoms.